The SMILES string of the molecule is C[S+]([O-])c1ccc(C(=O)Nc2cccnc2C(=O)Nc2ncccc2Cl)c(OC2CCC(N)CC2)c1. The number of pyridine rings is 2. The average Bonchev–Trinajstić information content (AvgIpc) is 2.87. The van der Waals surface area contributed by atoms with E-state index in [9.17, 15) is 14.1 Å². The maximum Gasteiger partial charge on any atom is 0.277 e. The van der Waals surface area contributed by atoms with Gasteiger partial charge in [0.15, 0.2) is 16.4 Å². The van der Waals surface area contributed by atoms with Gasteiger partial charge in [0, 0.05) is 24.5 Å². The van der Waals surface area contributed by atoms with Crippen LogP contribution in [0.5, 0.6) is 5.75 Å². The summed E-state index contributed by atoms with van der Waals surface area (Å²) in [6, 6.07) is 11.4. The van der Waals surface area contributed by atoms with E-state index in [0.29, 0.717) is 10.6 Å². The minimum absolute atomic E-state index is 0.0115. The van der Waals surface area contributed by atoms with Crippen molar-refractivity contribution >= 4 is 46.1 Å². The molecule has 2 aromatic heterocycles. The Morgan fingerprint density at radius 2 is 1.78 bits per heavy atom. The second-order valence-electron chi connectivity index (χ2n) is 8.41. The van der Waals surface area contributed by atoms with Gasteiger partial charge >= 0.3 is 0 Å². The third kappa shape index (κ3) is 6.33. The topological polar surface area (TPSA) is 142 Å². The van der Waals surface area contributed by atoms with E-state index >= 15 is 0 Å². The number of carbonyl (C=O) groups excluding carboxylic acids is 2. The predicted octanol–water partition coefficient (Wildman–Crippen LogP) is 4.02. The van der Waals surface area contributed by atoms with E-state index in [1.54, 1.807) is 48.7 Å². The fraction of sp³-hybridized carbons (Fsp3) is 0.280. The highest BCUT2D eigenvalue weighted by molar-refractivity contribution is 7.90. The Morgan fingerprint density at radius 3 is 2.50 bits per heavy atom. The molecule has 1 aliphatic rings. The molecule has 0 radical (unpaired) electrons. The predicted molar refractivity (Wildman–Crippen MR) is 139 cm³/mol. The molecule has 1 unspecified atom stereocenters. The molecule has 1 atom stereocenters. The Balaban J connectivity index is 1.57. The van der Waals surface area contributed by atoms with E-state index in [4.69, 9.17) is 22.1 Å². The maximum absolute atomic E-state index is 13.3. The number of halogens is 1. The molecule has 1 saturated carbocycles. The number of hydrogen-bond donors (Lipinski definition) is 3. The number of benzene rings is 1. The first-order valence-electron chi connectivity index (χ1n) is 11.4. The van der Waals surface area contributed by atoms with Gasteiger partial charge in [0.1, 0.15) is 12.0 Å². The molecule has 3 aromatic rings. The van der Waals surface area contributed by atoms with Crippen LogP contribution in [0.1, 0.15) is 46.5 Å². The van der Waals surface area contributed by atoms with E-state index in [-0.39, 0.29) is 39.9 Å². The van der Waals surface area contributed by atoms with Gasteiger partial charge in [-0.05, 0) is 73.3 Å². The highest BCUT2D eigenvalue weighted by Crippen LogP contribution is 2.29. The standard InChI is InChI=1S/C25H26ClN5O4S/c1-36(34)17-10-11-18(21(14-17)35-16-8-6-15(27)7-9-16)24(32)30-20-5-3-12-28-22(20)25(33)31-23-19(26)4-2-13-29-23/h2-5,10-16H,6-9,27H2,1H3,(H,30,32)(H,29,31,33). The summed E-state index contributed by atoms with van der Waals surface area (Å²) in [7, 11) is 0. The summed E-state index contributed by atoms with van der Waals surface area (Å²) < 4.78 is 18.3. The number of amides is 2. The van der Waals surface area contributed by atoms with Crippen molar-refractivity contribution in [3.05, 3.63) is 71.1 Å². The zero-order valence-electron chi connectivity index (χ0n) is 19.6. The normalized spacial score (nSPS) is 18.2. The molecule has 1 fully saturated rings. The third-order valence-electron chi connectivity index (χ3n) is 5.80. The summed E-state index contributed by atoms with van der Waals surface area (Å²) in [5, 5.41) is 5.62. The van der Waals surface area contributed by atoms with Crippen LogP contribution >= 0.6 is 11.6 Å². The number of aromatic nitrogens is 2. The smallest absolute Gasteiger partial charge is 0.277 e. The number of nitrogens with two attached hydrogens (primary N) is 1. The van der Waals surface area contributed by atoms with Crippen molar-refractivity contribution in [3.8, 4) is 5.75 Å². The molecule has 36 heavy (non-hydrogen) atoms. The van der Waals surface area contributed by atoms with E-state index in [0.717, 1.165) is 25.7 Å². The van der Waals surface area contributed by atoms with Crippen LogP contribution in [0, 0.1) is 0 Å². The second kappa shape index (κ2) is 11.7. The number of anilines is 2. The Bertz CT molecular complexity index is 1250. The van der Waals surface area contributed by atoms with E-state index < -0.39 is 23.0 Å². The summed E-state index contributed by atoms with van der Waals surface area (Å²) in [6.07, 6.45) is 7.61. The second-order valence-corrected chi connectivity index (χ2v) is 10.2. The molecule has 0 bridgehead atoms. The molecule has 1 aliphatic carbocycles. The van der Waals surface area contributed by atoms with Crippen molar-refractivity contribution in [1.82, 2.24) is 9.97 Å². The highest BCUT2D eigenvalue weighted by atomic mass is 35.5. The molecule has 4 rings (SSSR count). The molecule has 2 amide bonds. The van der Waals surface area contributed by atoms with Gasteiger partial charge in [-0.1, -0.05) is 11.6 Å². The first-order chi connectivity index (χ1) is 17.3. The van der Waals surface area contributed by atoms with Crippen molar-refractivity contribution in [2.75, 3.05) is 16.9 Å². The lowest BCUT2D eigenvalue weighted by Gasteiger charge is -2.27. The van der Waals surface area contributed by atoms with Crippen LogP contribution in [0.2, 0.25) is 5.02 Å². The molecule has 188 valence electrons. The largest absolute Gasteiger partial charge is 0.612 e. The lowest BCUT2D eigenvalue weighted by atomic mass is 9.93. The van der Waals surface area contributed by atoms with E-state index in [2.05, 4.69) is 20.6 Å². The van der Waals surface area contributed by atoms with Crippen LogP contribution < -0.4 is 21.1 Å². The summed E-state index contributed by atoms with van der Waals surface area (Å²) in [4.78, 5) is 34.9. The van der Waals surface area contributed by atoms with Gasteiger partial charge in [-0.3, -0.25) is 9.59 Å². The molecule has 0 aliphatic heterocycles. The number of carbonyl (C=O) groups is 2. The Labute approximate surface area is 217 Å². The van der Waals surface area contributed by atoms with Gasteiger partial charge in [-0.25, -0.2) is 9.97 Å². The number of hydrogen-bond acceptors (Lipinski definition) is 7. The Kier molecular flexibility index (Phi) is 8.42. The van der Waals surface area contributed by atoms with Crippen LogP contribution in [0.4, 0.5) is 11.5 Å². The number of ether oxygens (including phenoxy) is 1. The first-order valence-corrected chi connectivity index (χ1v) is 13.3. The number of rotatable bonds is 7. The fourth-order valence-corrected chi connectivity index (χ4v) is 4.58. The molecule has 2 heterocycles. The van der Waals surface area contributed by atoms with Gasteiger partial charge in [0.2, 0.25) is 0 Å². The van der Waals surface area contributed by atoms with Crippen LogP contribution in [0.25, 0.3) is 0 Å². The molecule has 0 spiro atoms. The molecule has 9 nitrogen and oxygen atoms in total. The lowest BCUT2D eigenvalue weighted by Crippen LogP contribution is -2.32. The van der Waals surface area contributed by atoms with Crippen LogP contribution in [0.3, 0.4) is 0 Å². The summed E-state index contributed by atoms with van der Waals surface area (Å²) in [5.41, 5.74) is 6.44. The van der Waals surface area contributed by atoms with Crippen molar-refractivity contribution in [1.29, 1.82) is 0 Å². The lowest BCUT2D eigenvalue weighted by molar-refractivity contribution is 0.101. The van der Waals surface area contributed by atoms with Gasteiger partial charge in [-0.2, -0.15) is 0 Å². The van der Waals surface area contributed by atoms with Crippen molar-refractivity contribution in [3.63, 3.8) is 0 Å². The van der Waals surface area contributed by atoms with Crippen molar-refractivity contribution < 1.29 is 18.9 Å². The highest BCUT2D eigenvalue weighted by Gasteiger charge is 2.25. The van der Waals surface area contributed by atoms with Crippen LogP contribution in [-0.2, 0) is 11.2 Å². The third-order valence-corrected chi connectivity index (χ3v) is 7.03. The van der Waals surface area contributed by atoms with Crippen LogP contribution in [0.15, 0.2) is 59.8 Å². The molecular weight excluding hydrogens is 502 g/mol. The molecular formula is C25H26ClN5O4S. The summed E-state index contributed by atoms with van der Waals surface area (Å²) in [6.45, 7) is 0. The molecule has 0 saturated heterocycles. The monoisotopic (exact) mass is 527 g/mol. The molecule has 11 heteroatoms. The van der Waals surface area contributed by atoms with E-state index in [1.165, 1.54) is 12.4 Å². The maximum atomic E-state index is 13.3. The minimum atomic E-state index is -1.25. The average molecular weight is 528 g/mol. The van der Waals surface area contributed by atoms with Crippen molar-refractivity contribution in [2.24, 2.45) is 5.73 Å². The van der Waals surface area contributed by atoms with E-state index in [1.807, 2.05) is 0 Å². The minimum Gasteiger partial charge on any atom is -0.612 e. The molecule has 1 aromatic carbocycles. The Hall–Kier alpha value is -3.18. The summed E-state index contributed by atoms with van der Waals surface area (Å²) in [5.74, 6) is -0.573. The zero-order valence-corrected chi connectivity index (χ0v) is 21.1. The quantitative estimate of drug-likeness (QED) is 0.394. The van der Waals surface area contributed by atoms with Gasteiger partial charge < -0.3 is 25.7 Å². The van der Waals surface area contributed by atoms with Gasteiger partial charge in [0.05, 0.1) is 22.4 Å². The molecule has 4 N–H and O–H groups in total. The van der Waals surface area contributed by atoms with Gasteiger partial charge in [0.25, 0.3) is 11.8 Å². The summed E-state index contributed by atoms with van der Waals surface area (Å²) >= 11 is 4.84. The van der Waals surface area contributed by atoms with Crippen molar-refractivity contribution in [2.45, 2.75) is 42.7 Å². The number of nitrogens with zero attached hydrogens (tertiary/aromatic N) is 2. The Morgan fingerprint density at radius 1 is 1.06 bits per heavy atom. The fourth-order valence-electron chi connectivity index (χ4n) is 3.87. The first kappa shape index (κ1) is 25.9. The number of nitrogens with one attached hydrogen (secondary N) is 2. The van der Waals surface area contributed by atoms with Crippen LogP contribution in [-0.4, -0.2) is 44.7 Å². The van der Waals surface area contributed by atoms with Gasteiger partial charge in [-0.15, -0.1) is 0 Å². The zero-order chi connectivity index (χ0) is 25.7.